The van der Waals surface area contributed by atoms with E-state index in [4.69, 9.17) is 4.74 Å². The van der Waals surface area contributed by atoms with E-state index in [1.165, 1.54) is 25.3 Å². The van der Waals surface area contributed by atoms with Crippen LogP contribution in [0.25, 0.3) is 0 Å². The molecule has 0 spiro atoms. The predicted molar refractivity (Wildman–Crippen MR) is 54.9 cm³/mol. The second kappa shape index (κ2) is 5.09. The molecule has 17 heavy (non-hydrogen) atoms. The molecule has 0 aliphatic heterocycles. The molecule has 0 heterocycles. The Morgan fingerprint density at radius 2 is 1.94 bits per heavy atom. The Kier molecular flexibility index (Phi) is 4.01. The number of esters is 1. The lowest BCUT2D eigenvalue weighted by Gasteiger charge is -2.21. The van der Waals surface area contributed by atoms with Crippen LogP contribution in [-0.4, -0.2) is 31.2 Å². The summed E-state index contributed by atoms with van der Waals surface area (Å²) in [5, 5.41) is 9.53. The molecular weight excluding hydrogens is 234 g/mol. The van der Waals surface area contributed by atoms with Crippen LogP contribution in [0.4, 0.5) is 8.78 Å². The molecule has 0 amide bonds. The molecule has 0 saturated heterocycles. The number of para-hydroxylation sites is 1. The molecule has 4 nitrogen and oxygen atoms in total. The Morgan fingerprint density at radius 3 is 2.47 bits per heavy atom. The van der Waals surface area contributed by atoms with E-state index in [1.807, 2.05) is 0 Å². The first-order chi connectivity index (χ1) is 7.95. The summed E-state index contributed by atoms with van der Waals surface area (Å²) in [6.07, 6.45) is -2.31. The van der Waals surface area contributed by atoms with Crippen molar-refractivity contribution in [2.75, 3.05) is 14.2 Å². The molecule has 1 atom stereocenters. The monoisotopic (exact) mass is 246 g/mol. The maximum absolute atomic E-state index is 13.4. The minimum atomic E-state index is -4.02. The number of carbonyl (C=O) groups excluding carboxylic acids is 1. The third-order valence-corrected chi connectivity index (χ3v) is 2.23. The zero-order valence-electron chi connectivity index (χ0n) is 9.31. The quantitative estimate of drug-likeness (QED) is 0.819. The Balaban J connectivity index is 3.11. The number of aliphatic hydroxyl groups is 1. The van der Waals surface area contributed by atoms with Crippen LogP contribution in [0.5, 0.6) is 5.75 Å². The summed E-state index contributed by atoms with van der Waals surface area (Å²) < 4.78 is 35.6. The van der Waals surface area contributed by atoms with Gasteiger partial charge in [0.2, 0.25) is 0 Å². The molecule has 0 saturated carbocycles. The summed E-state index contributed by atoms with van der Waals surface area (Å²) in [7, 11) is 2.10. The Morgan fingerprint density at radius 1 is 1.35 bits per heavy atom. The number of aliphatic hydroxyl groups excluding tert-OH is 1. The number of alkyl halides is 2. The number of ether oxygens (including phenoxy) is 2. The number of halogens is 2. The van der Waals surface area contributed by atoms with E-state index >= 15 is 0 Å². The number of benzene rings is 1. The van der Waals surface area contributed by atoms with Crippen molar-refractivity contribution in [1.82, 2.24) is 0 Å². The maximum atomic E-state index is 13.4. The van der Waals surface area contributed by atoms with Gasteiger partial charge in [0.05, 0.1) is 14.2 Å². The van der Waals surface area contributed by atoms with Crippen LogP contribution in [0, 0.1) is 0 Å². The van der Waals surface area contributed by atoms with Crippen molar-refractivity contribution in [3.63, 3.8) is 0 Å². The normalized spacial score (nSPS) is 13.0. The van der Waals surface area contributed by atoms with Crippen molar-refractivity contribution in [3.8, 4) is 5.75 Å². The topological polar surface area (TPSA) is 55.8 Å². The fraction of sp³-hybridized carbons (Fsp3) is 0.364. The van der Waals surface area contributed by atoms with Crippen LogP contribution in [0.3, 0.4) is 0 Å². The maximum Gasteiger partial charge on any atom is 0.379 e. The molecule has 1 aromatic rings. The summed E-state index contributed by atoms with van der Waals surface area (Å²) in [5.74, 6) is -5.75. The first-order valence-corrected chi connectivity index (χ1v) is 4.72. The van der Waals surface area contributed by atoms with E-state index < -0.39 is 18.0 Å². The average Bonchev–Trinajstić information content (AvgIpc) is 2.36. The van der Waals surface area contributed by atoms with Gasteiger partial charge in [0.15, 0.2) is 6.10 Å². The SMILES string of the molecule is COC(=O)C(F)(F)C(O)c1ccccc1OC. The van der Waals surface area contributed by atoms with E-state index in [0.29, 0.717) is 0 Å². The molecule has 0 aliphatic rings. The third-order valence-electron chi connectivity index (χ3n) is 2.23. The van der Waals surface area contributed by atoms with Crippen LogP contribution in [-0.2, 0) is 9.53 Å². The van der Waals surface area contributed by atoms with Crippen LogP contribution in [0.2, 0.25) is 0 Å². The molecule has 1 unspecified atom stereocenters. The third kappa shape index (κ3) is 2.52. The fourth-order valence-electron chi connectivity index (χ4n) is 1.34. The smallest absolute Gasteiger partial charge is 0.379 e. The van der Waals surface area contributed by atoms with Gasteiger partial charge in [-0.3, -0.25) is 0 Å². The number of hydrogen-bond acceptors (Lipinski definition) is 4. The summed E-state index contributed by atoms with van der Waals surface area (Å²) in [4.78, 5) is 10.9. The summed E-state index contributed by atoms with van der Waals surface area (Å²) in [6, 6.07) is 5.67. The molecule has 6 heteroatoms. The standard InChI is InChI=1S/C11H12F2O4/c1-16-8-6-4-3-5-7(8)9(14)11(12,13)10(15)17-2/h3-6,9,14H,1-2H3. The molecule has 1 rings (SSSR count). The van der Waals surface area contributed by atoms with Gasteiger partial charge in [-0.1, -0.05) is 18.2 Å². The second-order valence-corrected chi connectivity index (χ2v) is 3.26. The lowest BCUT2D eigenvalue weighted by molar-refractivity contribution is -0.186. The van der Waals surface area contributed by atoms with Gasteiger partial charge in [-0.15, -0.1) is 0 Å². The van der Waals surface area contributed by atoms with Gasteiger partial charge in [0.25, 0.3) is 0 Å². The van der Waals surface area contributed by atoms with Gasteiger partial charge in [-0.25, -0.2) is 4.79 Å². The van der Waals surface area contributed by atoms with E-state index in [1.54, 1.807) is 6.07 Å². The molecule has 1 aromatic carbocycles. The lowest BCUT2D eigenvalue weighted by atomic mass is 10.0. The molecule has 0 aromatic heterocycles. The highest BCUT2D eigenvalue weighted by Crippen LogP contribution is 2.36. The zero-order chi connectivity index (χ0) is 13.1. The highest BCUT2D eigenvalue weighted by molar-refractivity contribution is 5.78. The van der Waals surface area contributed by atoms with Gasteiger partial charge in [0, 0.05) is 5.56 Å². The van der Waals surface area contributed by atoms with Gasteiger partial charge >= 0.3 is 11.9 Å². The van der Waals surface area contributed by atoms with Crippen LogP contribution in [0.15, 0.2) is 24.3 Å². The molecular formula is C11H12F2O4. The number of methoxy groups -OCH3 is 2. The van der Waals surface area contributed by atoms with Crippen LogP contribution >= 0.6 is 0 Å². The number of hydrogen-bond donors (Lipinski definition) is 1. The average molecular weight is 246 g/mol. The van der Waals surface area contributed by atoms with Crippen molar-refractivity contribution >= 4 is 5.97 Å². The van der Waals surface area contributed by atoms with Crippen molar-refractivity contribution in [1.29, 1.82) is 0 Å². The van der Waals surface area contributed by atoms with Crippen LogP contribution in [0.1, 0.15) is 11.7 Å². The first-order valence-electron chi connectivity index (χ1n) is 4.72. The molecule has 0 aliphatic carbocycles. The van der Waals surface area contributed by atoms with E-state index in [-0.39, 0.29) is 11.3 Å². The molecule has 0 fully saturated rings. The number of rotatable bonds is 4. The Labute approximate surface area is 96.8 Å². The summed E-state index contributed by atoms with van der Waals surface area (Å²) >= 11 is 0. The largest absolute Gasteiger partial charge is 0.496 e. The van der Waals surface area contributed by atoms with E-state index in [9.17, 15) is 18.7 Å². The minimum Gasteiger partial charge on any atom is -0.496 e. The molecule has 1 N–H and O–H groups in total. The predicted octanol–water partition coefficient (Wildman–Crippen LogP) is 1.54. The fourth-order valence-corrected chi connectivity index (χ4v) is 1.34. The van der Waals surface area contributed by atoms with Crippen molar-refractivity contribution in [2.24, 2.45) is 0 Å². The lowest BCUT2D eigenvalue weighted by Crippen LogP contribution is -2.36. The van der Waals surface area contributed by atoms with Crippen molar-refractivity contribution < 1.29 is 28.2 Å². The summed E-state index contributed by atoms with van der Waals surface area (Å²) in [5.41, 5.74) is -0.176. The van der Waals surface area contributed by atoms with E-state index in [0.717, 1.165) is 7.11 Å². The Bertz CT molecular complexity index is 406. The van der Waals surface area contributed by atoms with E-state index in [2.05, 4.69) is 4.74 Å². The number of carbonyl (C=O) groups is 1. The highest BCUT2D eigenvalue weighted by atomic mass is 19.3. The van der Waals surface area contributed by atoms with Gasteiger partial charge in [-0.2, -0.15) is 8.78 Å². The minimum absolute atomic E-state index is 0.0728. The van der Waals surface area contributed by atoms with Gasteiger partial charge < -0.3 is 14.6 Å². The van der Waals surface area contributed by atoms with Crippen molar-refractivity contribution in [3.05, 3.63) is 29.8 Å². The second-order valence-electron chi connectivity index (χ2n) is 3.26. The van der Waals surface area contributed by atoms with Gasteiger partial charge in [-0.05, 0) is 6.07 Å². The molecule has 0 radical (unpaired) electrons. The summed E-state index contributed by atoms with van der Waals surface area (Å²) in [6.45, 7) is 0. The van der Waals surface area contributed by atoms with Gasteiger partial charge in [0.1, 0.15) is 5.75 Å². The Hall–Kier alpha value is -1.69. The van der Waals surface area contributed by atoms with Crippen molar-refractivity contribution in [2.45, 2.75) is 12.0 Å². The molecule has 94 valence electrons. The highest BCUT2D eigenvalue weighted by Gasteiger charge is 2.49. The molecule has 0 bridgehead atoms. The van der Waals surface area contributed by atoms with Crippen LogP contribution < -0.4 is 4.74 Å². The zero-order valence-corrected chi connectivity index (χ0v) is 9.31. The first kappa shape index (κ1) is 13.4.